The van der Waals surface area contributed by atoms with Crippen molar-refractivity contribution >= 4 is 5.97 Å². The first-order valence-electron chi connectivity index (χ1n) is 14.2. The highest BCUT2D eigenvalue weighted by Crippen LogP contribution is 2.17. The van der Waals surface area contributed by atoms with Gasteiger partial charge in [-0.05, 0) is 41.5 Å². The van der Waals surface area contributed by atoms with E-state index >= 15 is 0 Å². The Balaban J connectivity index is 0.000000322. The molecule has 0 spiro atoms. The third kappa shape index (κ3) is 13.9. The lowest BCUT2D eigenvalue weighted by molar-refractivity contribution is -0.369. The molecule has 0 heterocycles. The lowest BCUT2D eigenvalue weighted by Crippen LogP contribution is -2.38. The second kappa shape index (κ2) is 18.6. The highest BCUT2D eigenvalue weighted by atomic mass is 16.9. The van der Waals surface area contributed by atoms with Crippen molar-refractivity contribution in [3.05, 3.63) is 144 Å². The summed E-state index contributed by atoms with van der Waals surface area (Å²) in [5, 5.41) is 0. The van der Waals surface area contributed by atoms with Crippen LogP contribution < -0.4 is 0 Å². The first-order valence-corrected chi connectivity index (χ1v) is 14.2. The maximum absolute atomic E-state index is 10.4. The van der Waals surface area contributed by atoms with Crippen LogP contribution in [0.5, 0.6) is 0 Å². The molecule has 0 saturated heterocycles. The van der Waals surface area contributed by atoms with E-state index in [2.05, 4.69) is 36.4 Å². The minimum absolute atomic E-state index is 0.217. The van der Waals surface area contributed by atoms with E-state index in [1.165, 1.54) is 29.2 Å². The zero-order valence-electron chi connectivity index (χ0n) is 24.2. The summed E-state index contributed by atoms with van der Waals surface area (Å²) in [5.41, 5.74) is 4.91. The molecule has 0 aliphatic heterocycles. The number of carbonyl (C=O) groups excluding carboxylic acids is 1. The smallest absolute Gasteiger partial charge is 0.302 e. The van der Waals surface area contributed by atoms with E-state index in [-0.39, 0.29) is 5.97 Å². The van der Waals surface area contributed by atoms with Crippen LogP contribution in [0.25, 0.3) is 0 Å². The topological polar surface area (TPSA) is 54.0 Å². The van der Waals surface area contributed by atoms with E-state index < -0.39 is 5.97 Å². The van der Waals surface area contributed by atoms with Crippen LogP contribution in [0.1, 0.15) is 36.1 Å². The Kier molecular flexibility index (Phi) is 14.4. The van der Waals surface area contributed by atoms with Gasteiger partial charge in [0.15, 0.2) is 0 Å². The molecule has 0 atom stereocenters. The standard InChI is InChI=1S/C26H30O3.C10H12O2/c1-26(27-20-17-23-11-5-2-6-12-23,28-21-18-24-13-7-3-8-14-24)29-22-19-25-15-9-4-10-16-25;1-9(11)12-8-7-10-5-3-2-4-6-10/h2-16H,17-22H2,1H3;2-6H,7-8H2,1H3. The van der Waals surface area contributed by atoms with Crippen LogP contribution in [0.2, 0.25) is 0 Å². The highest BCUT2D eigenvalue weighted by molar-refractivity contribution is 5.65. The van der Waals surface area contributed by atoms with Gasteiger partial charge in [-0.25, -0.2) is 0 Å². The normalized spacial score (nSPS) is 10.9. The second-order valence-electron chi connectivity index (χ2n) is 9.69. The van der Waals surface area contributed by atoms with E-state index in [0.717, 1.165) is 25.7 Å². The molecular weight excluding hydrogens is 512 g/mol. The molecule has 0 aromatic heterocycles. The monoisotopic (exact) mass is 554 g/mol. The average molecular weight is 555 g/mol. The van der Waals surface area contributed by atoms with Gasteiger partial charge in [0.2, 0.25) is 0 Å². The molecule has 0 aliphatic rings. The summed E-state index contributed by atoms with van der Waals surface area (Å²) in [6.45, 7) is 5.38. The van der Waals surface area contributed by atoms with Crippen molar-refractivity contribution in [3.8, 4) is 0 Å². The maximum atomic E-state index is 10.4. The van der Waals surface area contributed by atoms with Crippen LogP contribution >= 0.6 is 0 Å². The zero-order chi connectivity index (χ0) is 29.0. The van der Waals surface area contributed by atoms with Gasteiger partial charge in [-0.15, -0.1) is 0 Å². The lowest BCUT2D eigenvalue weighted by atomic mass is 10.2. The SMILES string of the molecule is CC(=O)OCCc1ccccc1.CC(OCCc1ccccc1)(OCCc1ccccc1)OCCc1ccccc1. The summed E-state index contributed by atoms with van der Waals surface area (Å²) < 4.78 is 23.0. The predicted molar refractivity (Wildman–Crippen MR) is 163 cm³/mol. The van der Waals surface area contributed by atoms with E-state index in [1.807, 2.05) is 91.9 Å². The number of carbonyl (C=O) groups is 1. The van der Waals surface area contributed by atoms with Crippen LogP contribution in [0.4, 0.5) is 0 Å². The minimum atomic E-state index is -1.06. The molecule has 0 fully saturated rings. The molecule has 41 heavy (non-hydrogen) atoms. The van der Waals surface area contributed by atoms with Crippen LogP contribution in [0.15, 0.2) is 121 Å². The van der Waals surface area contributed by atoms with Crippen molar-refractivity contribution in [2.45, 2.75) is 45.5 Å². The first kappa shape index (κ1) is 31.8. The Hall–Kier alpha value is -3.77. The molecule has 5 heteroatoms. The van der Waals surface area contributed by atoms with Gasteiger partial charge in [0.05, 0.1) is 26.4 Å². The van der Waals surface area contributed by atoms with Crippen LogP contribution in [0, 0.1) is 0 Å². The lowest BCUT2D eigenvalue weighted by Gasteiger charge is -2.30. The summed E-state index contributed by atoms with van der Waals surface area (Å²) >= 11 is 0. The second-order valence-corrected chi connectivity index (χ2v) is 9.69. The fourth-order valence-corrected chi connectivity index (χ4v) is 4.08. The molecule has 0 bridgehead atoms. The molecule has 0 aliphatic carbocycles. The van der Waals surface area contributed by atoms with E-state index in [1.54, 1.807) is 0 Å². The van der Waals surface area contributed by atoms with E-state index in [9.17, 15) is 4.79 Å². The summed E-state index contributed by atoms with van der Waals surface area (Å²) in [6.07, 6.45) is 3.25. The van der Waals surface area contributed by atoms with Gasteiger partial charge >= 0.3 is 5.97 Å². The third-order valence-electron chi connectivity index (χ3n) is 6.33. The Morgan fingerprint density at radius 3 is 1.02 bits per heavy atom. The average Bonchev–Trinajstić information content (AvgIpc) is 3.00. The number of esters is 1. The number of hydrogen-bond donors (Lipinski definition) is 0. The number of ether oxygens (including phenoxy) is 4. The quantitative estimate of drug-likeness (QED) is 0.115. The Morgan fingerprint density at radius 2 is 0.756 bits per heavy atom. The van der Waals surface area contributed by atoms with Crippen molar-refractivity contribution in [3.63, 3.8) is 0 Å². The largest absolute Gasteiger partial charge is 0.466 e. The van der Waals surface area contributed by atoms with Gasteiger partial charge in [0.25, 0.3) is 5.97 Å². The van der Waals surface area contributed by atoms with Gasteiger partial charge in [0, 0.05) is 20.3 Å². The van der Waals surface area contributed by atoms with Crippen LogP contribution in [0.3, 0.4) is 0 Å². The molecule has 216 valence electrons. The van der Waals surface area contributed by atoms with Gasteiger partial charge in [0.1, 0.15) is 0 Å². The van der Waals surface area contributed by atoms with Crippen LogP contribution in [-0.4, -0.2) is 38.4 Å². The summed E-state index contributed by atoms with van der Waals surface area (Å²) in [7, 11) is 0. The molecule has 0 amide bonds. The molecule has 5 nitrogen and oxygen atoms in total. The molecule has 0 radical (unpaired) electrons. The van der Waals surface area contributed by atoms with Gasteiger partial charge in [-0.3, -0.25) is 4.79 Å². The first-order chi connectivity index (χ1) is 20.0. The third-order valence-corrected chi connectivity index (χ3v) is 6.33. The van der Waals surface area contributed by atoms with E-state index in [0.29, 0.717) is 26.4 Å². The molecule has 0 saturated carbocycles. The van der Waals surface area contributed by atoms with Crippen molar-refractivity contribution in [2.75, 3.05) is 26.4 Å². The number of rotatable bonds is 15. The zero-order valence-corrected chi connectivity index (χ0v) is 24.2. The fraction of sp³-hybridized carbons (Fsp3) is 0.306. The molecule has 0 N–H and O–H groups in total. The van der Waals surface area contributed by atoms with Gasteiger partial charge < -0.3 is 18.9 Å². The summed E-state index contributed by atoms with van der Waals surface area (Å²) in [5.74, 6) is -1.27. The van der Waals surface area contributed by atoms with Crippen molar-refractivity contribution < 1.29 is 23.7 Å². The molecule has 4 aromatic rings. The highest BCUT2D eigenvalue weighted by Gasteiger charge is 2.27. The molecular formula is C36H42O5. The Labute approximate surface area is 245 Å². The van der Waals surface area contributed by atoms with Gasteiger partial charge in [-0.1, -0.05) is 121 Å². The summed E-state index contributed by atoms with van der Waals surface area (Å²) in [4.78, 5) is 10.4. The number of hydrogen-bond acceptors (Lipinski definition) is 5. The van der Waals surface area contributed by atoms with E-state index in [4.69, 9.17) is 18.9 Å². The maximum Gasteiger partial charge on any atom is 0.302 e. The Bertz CT molecular complexity index is 1100. The van der Waals surface area contributed by atoms with Crippen molar-refractivity contribution in [1.82, 2.24) is 0 Å². The summed E-state index contributed by atoms with van der Waals surface area (Å²) in [6, 6.07) is 40.9. The molecule has 0 unspecified atom stereocenters. The minimum Gasteiger partial charge on any atom is -0.466 e. The van der Waals surface area contributed by atoms with Gasteiger partial charge in [-0.2, -0.15) is 0 Å². The van der Waals surface area contributed by atoms with Crippen molar-refractivity contribution in [2.24, 2.45) is 0 Å². The predicted octanol–water partition coefficient (Wildman–Crippen LogP) is 7.23. The fourth-order valence-electron chi connectivity index (χ4n) is 4.08. The van der Waals surface area contributed by atoms with Crippen LogP contribution in [-0.2, 0) is 49.4 Å². The Morgan fingerprint density at radius 1 is 0.488 bits per heavy atom. The molecule has 4 rings (SSSR count). The van der Waals surface area contributed by atoms with Crippen molar-refractivity contribution in [1.29, 1.82) is 0 Å². The number of benzene rings is 4. The molecule has 4 aromatic carbocycles.